The molecule has 10 heteroatoms. The molecule has 0 bridgehead atoms. The molecule has 2 heterocycles. The SMILES string of the molecule is CCN(CC)S(=O)(=O)c1ccc(N2C[C@@H](C(=O)OCc3nc4ccccc4nc3C)CC2=O)cc1. The smallest absolute Gasteiger partial charge is 0.311 e. The first-order valence-corrected chi connectivity index (χ1v) is 13.0. The van der Waals surface area contributed by atoms with Crippen LogP contribution >= 0.6 is 0 Å². The van der Waals surface area contributed by atoms with Gasteiger partial charge in [0.05, 0.1) is 33.2 Å². The molecular weight excluding hydrogens is 468 g/mol. The van der Waals surface area contributed by atoms with Crippen LogP contribution in [0.15, 0.2) is 53.4 Å². The minimum atomic E-state index is -3.59. The van der Waals surface area contributed by atoms with Crippen LogP contribution in [-0.4, -0.2) is 54.2 Å². The summed E-state index contributed by atoms with van der Waals surface area (Å²) in [5, 5.41) is 0. The molecule has 1 amide bonds. The molecule has 1 aliphatic rings. The van der Waals surface area contributed by atoms with Gasteiger partial charge in [0.25, 0.3) is 0 Å². The van der Waals surface area contributed by atoms with Crippen LogP contribution in [0.25, 0.3) is 11.0 Å². The molecule has 2 aromatic carbocycles. The van der Waals surface area contributed by atoms with Crippen LogP contribution in [0.4, 0.5) is 5.69 Å². The van der Waals surface area contributed by atoms with Crippen LogP contribution in [0, 0.1) is 12.8 Å². The van der Waals surface area contributed by atoms with Crippen molar-refractivity contribution >= 4 is 38.6 Å². The van der Waals surface area contributed by atoms with E-state index in [9.17, 15) is 18.0 Å². The molecule has 0 unspecified atom stereocenters. The largest absolute Gasteiger partial charge is 0.459 e. The van der Waals surface area contributed by atoms with Crippen molar-refractivity contribution < 1.29 is 22.7 Å². The topological polar surface area (TPSA) is 110 Å². The Bertz CT molecular complexity index is 1350. The zero-order chi connectivity index (χ0) is 25.2. The van der Waals surface area contributed by atoms with Gasteiger partial charge in [-0.15, -0.1) is 0 Å². The average Bonchev–Trinajstić information content (AvgIpc) is 3.25. The van der Waals surface area contributed by atoms with E-state index in [4.69, 9.17) is 4.74 Å². The van der Waals surface area contributed by atoms with Gasteiger partial charge in [0, 0.05) is 31.7 Å². The number of rotatable bonds is 8. The van der Waals surface area contributed by atoms with Gasteiger partial charge in [0.1, 0.15) is 6.61 Å². The lowest BCUT2D eigenvalue weighted by atomic mass is 10.1. The third-order valence-electron chi connectivity index (χ3n) is 6.14. The summed E-state index contributed by atoms with van der Waals surface area (Å²) in [6, 6.07) is 13.6. The lowest BCUT2D eigenvalue weighted by molar-refractivity contribution is -0.149. The highest BCUT2D eigenvalue weighted by atomic mass is 32.2. The second-order valence-electron chi connectivity index (χ2n) is 8.34. The van der Waals surface area contributed by atoms with E-state index in [1.807, 2.05) is 31.2 Å². The third-order valence-corrected chi connectivity index (χ3v) is 8.21. The summed E-state index contributed by atoms with van der Waals surface area (Å²) >= 11 is 0. The number of hydrogen-bond donors (Lipinski definition) is 0. The lowest BCUT2D eigenvalue weighted by Gasteiger charge is -2.20. The zero-order valence-electron chi connectivity index (χ0n) is 20.0. The summed E-state index contributed by atoms with van der Waals surface area (Å²) < 4.78 is 32.2. The summed E-state index contributed by atoms with van der Waals surface area (Å²) in [6.45, 7) is 6.27. The Labute approximate surface area is 204 Å². The molecule has 0 N–H and O–H groups in total. The minimum absolute atomic E-state index is 0.0227. The normalized spacial score (nSPS) is 16.3. The second kappa shape index (κ2) is 10.1. The standard InChI is InChI=1S/C25H28N4O5S/c1-4-28(5-2)35(32,33)20-12-10-19(11-13-20)29-15-18(14-24(29)30)25(31)34-16-23-17(3)26-21-8-6-7-9-22(21)27-23/h6-13,18H,4-5,14-16H2,1-3H3/t18-/m0/s1. The number of amides is 1. The first kappa shape index (κ1) is 24.7. The van der Waals surface area contributed by atoms with Gasteiger partial charge in [-0.3, -0.25) is 9.59 Å². The van der Waals surface area contributed by atoms with Gasteiger partial charge < -0.3 is 9.64 Å². The van der Waals surface area contributed by atoms with Gasteiger partial charge in [-0.1, -0.05) is 26.0 Å². The Kier molecular flexibility index (Phi) is 7.13. The molecule has 0 spiro atoms. The van der Waals surface area contributed by atoms with Gasteiger partial charge in [-0.2, -0.15) is 4.31 Å². The maximum Gasteiger partial charge on any atom is 0.311 e. The van der Waals surface area contributed by atoms with E-state index in [-0.39, 0.29) is 30.4 Å². The Morgan fingerprint density at radius 2 is 1.69 bits per heavy atom. The van der Waals surface area contributed by atoms with E-state index >= 15 is 0 Å². The fourth-order valence-corrected chi connectivity index (χ4v) is 5.60. The number of aromatic nitrogens is 2. The quantitative estimate of drug-likeness (QED) is 0.441. The average molecular weight is 497 g/mol. The van der Waals surface area contributed by atoms with Crippen molar-refractivity contribution in [3.8, 4) is 0 Å². The number of esters is 1. The molecule has 1 atom stereocenters. The van der Waals surface area contributed by atoms with Crippen LogP contribution in [0.5, 0.6) is 0 Å². The molecule has 1 saturated heterocycles. The number of carbonyl (C=O) groups is 2. The van der Waals surface area contributed by atoms with E-state index in [1.54, 1.807) is 26.0 Å². The van der Waals surface area contributed by atoms with Crippen molar-refractivity contribution in [2.75, 3.05) is 24.5 Å². The number of para-hydroxylation sites is 2. The Morgan fingerprint density at radius 3 is 2.31 bits per heavy atom. The summed E-state index contributed by atoms with van der Waals surface area (Å²) in [5.41, 5.74) is 3.29. The van der Waals surface area contributed by atoms with Crippen molar-refractivity contribution in [1.29, 1.82) is 0 Å². The molecule has 1 fully saturated rings. The summed E-state index contributed by atoms with van der Waals surface area (Å²) in [7, 11) is -3.59. The summed E-state index contributed by atoms with van der Waals surface area (Å²) in [5.74, 6) is -1.31. The van der Waals surface area contributed by atoms with Crippen LogP contribution < -0.4 is 4.90 Å². The zero-order valence-corrected chi connectivity index (χ0v) is 20.8. The minimum Gasteiger partial charge on any atom is -0.459 e. The van der Waals surface area contributed by atoms with Crippen LogP contribution in [0.3, 0.4) is 0 Å². The summed E-state index contributed by atoms with van der Waals surface area (Å²) in [6.07, 6.45) is 0.0285. The molecule has 9 nitrogen and oxygen atoms in total. The van der Waals surface area contributed by atoms with Crippen molar-refractivity contribution in [2.45, 2.75) is 38.7 Å². The van der Waals surface area contributed by atoms with Gasteiger partial charge in [0.15, 0.2) is 0 Å². The van der Waals surface area contributed by atoms with Crippen LogP contribution in [-0.2, 0) is 31.0 Å². The fraction of sp³-hybridized carbons (Fsp3) is 0.360. The van der Waals surface area contributed by atoms with Gasteiger partial charge in [0.2, 0.25) is 15.9 Å². The first-order valence-electron chi connectivity index (χ1n) is 11.5. The maximum absolute atomic E-state index is 12.7. The Hall–Kier alpha value is -3.37. The van der Waals surface area contributed by atoms with Crippen LogP contribution in [0.2, 0.25) is 0 Å². The molecule has 0 aliphatic carbocycles. The molecule has 184 valence electrons. The maximum atomic E-state index is 12.7. The molecule has 0 saturated carbocycles. The number of anilines is 1. The van der Waals surface area contributed by atoms with Crippen molar-refractivity contribution in [2.24, 2.45) is 5.92 Å². The van der Waals surface area contributed by atoms with E-state index < -0.39 is 21.9 Å². The highest BCUT2D eigenvalue weighted by Crippen LogP contribution is 2.28. The molecule has 0 radical (unpaired) electrons. The van der Waals surface area contributed by atoms with E-state index in [1.165, 1.54) is 21.3 Å². The fourth-order valence-electron chi connectivity index (χ4n) is 4.14. The number of carbonyl (C=O) groups excluding carboxylic acids is 2. The summed E-state index contributed by atoms with van der Waals surface area (Å²) in [4.78, 5) is 36.0. The lowest BCUT2D eigenvalue weighted by Crippen LogP contribution is -2.30. The van der Waals surface area contributed by atoms with E-state index in [2.05, 4.69) is 9.97 Å². The Balaban J connectivity index is 1.41. The molecule has 3 aromatic rings. The van der Waals surface area contributed by atoms with Crippen molar-refractivity contribution in [3.63, 3.8) is 0 Å². The predicted octanol–water partition coefficient (Wildman–Crippen LogP) is 3.07. The van der Waals surface area contributed by atoms with Gasteiger partial charge >= 0.3 is 5.97 Å². The molecule has 35 heavy (non-hydrogen) atoms. The number of fused-ring (bicyclic) bond motifs is 1. The van der Waals surface area contributed by atoms with E-state index in [0.29, 0.717) is 30.2 Å². The number of ether oxygens (including phenoxy) is 1. The van der Waals surface area contributed by atoms with Crippen LogP contribution in [0.1, 0.15) is 31.7 Å². The third kappa shape index (κ3) is 5.03. The number of nitrogens with zero attached hydrogens (tertiary/aromatic N) is 4. The molecule has 1 aliphatic heterocycles. The number of sulfonamides is 1. The highest BCUT2D eigenvalue weighted by Gasteiger charge is 2.36. The number of benzene rings is 2. The monoisotopic (exact) mass is 496 g/mol. The molecule has 1 aromatic heterocycles. The first-order chi connectivity index (χ1) is 16.7. The Morgan fingerprint density at radius 1 is 1.06 bits per heavy atom. The number of aryl methyl sites for hydroxylation is 1. The van der Waals surface area contributed by atoms with Crippen molar-refractivity contribution in [1.82, 2.24) is 14.3 Å². The highest BCUT2D eigenvalue weighted by molar-refractivity contribution is 7.89. The number of hydrogen-bond acceptors (Lipinski definition) is 7. The van der Waals surface area contributed by atoms with E-state index in [0.717, 1.165) is 11.0 Å². The van der Waals surface area contributed by atoms with Gasteiger partial charge in [-0.25, -0.2) is 18.4 Å². The second-order valence-corrected chi connectivity index (χ2v) is 10.3. The molecular formula is C25H28N4O5S. The molecule has 4 rings (SSSR count). The predicted molar refractivity (Wildman–Crippen MR) is 131 cm³/mol. The van der Waals surface area contributed by atoms with Crippen molar-refractivity contribution in [3.05, 3.63) is 59.9 Å². The van der Waals surface area contributed by atoms with Gasteiger partial charge in [-0.05, 0) is 43.3 Å².